The Balaban J connectivity index is 2.18. The van der Waals surface area contributed by atoms with Crippen LogP contribution >= 0.6 is 0 Å². The number of hydrogen-bond donors (Lipinski definition) is 2. The maximum absolute atomic E-state index is 11.5. The Morgan fingerprint density at radius 2 is 2.13 bits per heavy atom. The van der Waals surface area contributed by atoms with E-state index in [-0.39, 0.29) is 24.9 Å². The molecule has 1 rings (SSSR count). The van der Waals surface area contributed by atoms with Crippen molar-refractivity contribution < 1.29 is 9.59 Å². The van der Waals surface area contributed by atoms with E-state index in [4.69, 9.17) is 5.73 Å². The zero-order chi connectivity index (χ0) is 11.4. The van der Waals surface area contributed by atoms with E-state index in [1.54, 1.807) is 11.9 Å². The minimum absolute atomic E-state index is 0.0492. The van der Waals surface area contributed by atoms with Crippen molar-refractivity contribution in [2.24, 2.45) is 17.6 Å². The first kappa shape index (κ1) is 12.0. The van der Waals surface area contributed by atoms with Gasteiger partial charge in [-0.25, -0.2) is 0 Å². The van der Waals surface area contributed by atoms with Gasteiger partial charge in [0.2, 0.25) is 11.8 Å². The molecular weight excluding hydrogens is 194 g/mol. The topological polar surface area (TPSA) is 75.4 Å². The summed E-state index contributed by atoms with van der Waals surface area (Å²) in [5, 5.41) is 2.46. The summed E-state index contributed by atoms with van der Waals surface area (Å²) in [6.45, 7) is 2.95. The number of nitrogens with one attached hydrogen (secondary N) is 1. The van der Waals surface area contributed by atoms with Crippen LogP contribution in [0.25, 0.3) is 0 Å². The smallest absolute Gasteiger partial charge is 0.241 e. The van der Waals surface area contributed by atoms with Gasteiger partial charge in [0.25, 0.3) is 0 Å². The number of nitrogens with two attached hydrogens (primary N) is 1. The van der Waals surface area contributed by atoms with E-state index in [0.717, 1.165) is 12.5 Å². The zero-order valence-electron chi connectivity index (χ0n) is 9.32. The molecule has 0 radical (unpaired) electrons. The molecular formula is C10H19N3O2. The lowest BCUT2D eigenvalue weighted by Gasteiger charge is -2.17. The van der Waals surface area contributed by atoms with Crippen LogP contribution in [0.1, 0.15) is 13.3 Å². The van der Waals surface area contributed by atoms with Crippen LogP contribution in [0.2, 0.25) is 0 Å². The minimum Gasteiger partial charge on any atom is -0.346 e. The molecule has 0 aromatic rings. The van der Waals surface area contributed by atoms with E-state index < -0.39 is 0 Å². The largest absolute Gasteiger partial charge is 0.346 e. The molecule has 1 fully saturated rings. The number of hydrogen-bond acceptors (Lipinski definition) is 3. The lowest BCUT2D eigenvalue weighted by Crippen LogP contribution is -2.41. The first-order valence-electron chi connectivity index (χ1n) is 5.25. The van der Waals surface area contributed by atoms with E-state index in [2.05, 4.69) is 12.2 Å². The first-order chi connectivity index (χ1) is 7.04. The summed E-state index contributed by atoms with van der Waals surface area (Å²) in [7, 11) is 1.77. The van der Waals surface area contributed by atoms with Crippen LogP contribution < -0.4 is 11.1 Å². The van der Waals surface area contributed by atoms with Crippen molar-refractivity contribution in [3.8, 4) is 0 Å². The summed E-state index contributed by atoms with van der Waals surface area (Å²) in [6, 6.07) is 0. The second kappa shape index (κ2) is 5.11. The summed E-state index contributed by atoms with van der Waals surface area (Å²) < 4.78 is 0. The predicted molar refractivity (Wildman–Crippen MR) is 57.0 cm³/mol. The van der Waals surface area contributed by atoms with Crippen LogP contribution in [0, 0.1) is 11.8 Å². The minimum atomic E-state index is -0.295. The van der Waals surface area contributed by atoms with Gasteiger partial charge in [0.05, 0.1) is 13.1 Å². The lowest BCUT2D eigenvalue weighted by atomic mass is 10.3. The van der Waals surface area contributed by atoms with Gasteiger partial charge in [-0.3, -0.25) is 9.59 Å². The van der Waals surface area contributed by atoms with Crippen LogP contribution in [0.15, 0.2) is 0 Å². The molecule has 0 heterocycles. The number of rotatable bonds is 5. The highest BCUT2D eigenvalue weighted by atomic mass is 16.2. The highest BCUT2D eigenvalue weighted by molar-refractivity contribution is 5.85. The Labute approximate surface area is 90.0 Å². The molecule has 15 heavy (non-hydrogen) atoms. The van der Waals surface area contributed by atoms with Gasteiger partial charge in [-0.1, -0.05) is 6.92 Å². The van der Waals surface area contributed by atoms with Crippen molar-refractivity contribution in [3.05, 3.63) is 0 Å². The molecule has 2 amide bonds. The van der Waals surface area contributed by atoms with Gasteiger partial charge in [0.1, 0.15) is 0 Å². The number of likely N-dealkylation sites (N-methyl/N-ethyl adjacent to an activating group) is 1. The molecule has 0 spiro atoms. The Bertz CT molecular complexity index is 255. The van der Waals surface area contributed by atoms with Crippen molar-refractivity contribution in [1.82, 2.24) is 10.2 Å². The molecule has 5 heteroatoms. The standard InChI is InChI=1S/C10H19N3O2/c1-7-3-8(7)6-13(2)10(15)5-12-9(14)4-11/h7-8H,3-6,11H2,1-2H3,(H,12,14). The van der Waals surface area contributed by atoms with Gasteiger partial charge < -0.3 is 16.0 Å². The molecule has 0 aromatic heterocycles. The van der Waals surface area contributed by atoms with Crippen LogP contribution in [0.4, 0.5) is 0 Å². The fourth-order valence-corrected chi connectivity index (χ4v) is 1.49. The quantitative estimate of drug-likeness (QED) is 0.626. The van der Waals surface area contributed by atoms with E-state index in [9.17, 15) is 9.59 Å². The van der Waals surface area contributed by atoms with Crippen LogP contribution in [-0.4, -0.2) is 43.4 Å². The maximum atomic E-state index is 11.5. The van der Waals surface area contributed by atoms with Gasteiger partial charge >= 0.3 is 0 Å². The fraction of sp³-hybridized carbons (Fsp3) is 0.800. The molecule has 0 saturated heterocycles. The summed E-state index contributed by atoms with van der Waals surface area (Å²) in [4.78, 5) is 24.0. The number of carbonyl (C=O) groups is 2. The van der Waals surface area contributed by atoms with Crippen LogP contribution in [0.3, 0.4) is 0 Å². The zero-order valence-corrected chi connectivity index (χ0v) is 9.32. The van der Waals surface area contributed by atoms with Crippen molar-refractivity contribution in [2.45, 2.75) is 13.3 Å². The van der Waals surface area contributed by atoms with Crippen LogP contribution in [0.5, 0.6) is 0 Å². The normalized spacial score (nSPS) is 23.4. The molecule has 5 nitrogen and oxygen atoms in total. The second-order valence-corrected chi connectivity index (χ2v) is 4.23. The van der Waals surface area contributed by atoms with Crippen molar-refractivity contribution in [1.29, 1.82) is 0 Å². The number of carbonyl (C=O) groups excluding carboxylic acids is 2. The molecule has 3 N–H and O–H groups in total. The average molecular weight is 213 g/mol. The summed E-state index contributed by atoms with van der Waals surface area (Å²) in [5.74, 6) is 1.02. The fourth-order valence-electron chi connectivity index (χ4n) is 1.49. The Morgan fingerprint density at radius 1 is 1.53 bits per heavy atom. The molecule has 2 unspecified atom stereocenters. The molecule has 2 atom stereocenters. The van der Waals surface area contributed by atoms with Gasteiger partial charge in [0, 0.05) is 13.6 Å². The van der Waals surface area contributed by atoms with Crippen LogP contribution in [-0.2, 0) is 9.59 Å². The van der Waals surface area contributed by atoms with Crippen molar-refractivity contribution in [3.63, 3.8) is 0 Å². The SMILES string of the molecule is CC1CC1CN(C)C(=O)CNC(=O)CN. The highest BCUT2D eigenvalue weighted by Crippen LogP contribution is 2.37. The van der Waals surface area contributed by atoms with Gasteiger partial charge in [-0.2, -0.15) is 0 Å². The van der Waals surface area contributed by atoms with Gasteiger partial charge in [0.15, 0.2) is 0 Å². The average Bonchev–Trinajstić information content (AvgIpc) is 2.89. The maximum Gasteiger partial charge on any atom is 0.241 e. The molecule has 0 aliphatic heterocycles. The summed E-state index contributed by atoms with van der Waals surface area (Å²) in [6.07, 6.45) is 1.20. The third-order valence-corrected chi connectivity index (χ3v) is 2.83. The number of nitrogens with zero attached hydrogens (tertiary/aromatic N) is 1. The highest BCUT2D eigenvalue weighted by Gasteiger charge is 2.34. The second-order valence-electron chi connectivity index (χ2n) is 4.23. The molecule has 1 saturated carbocycles. The first-order valence-corrected chi connectivity index (χ1v) is 5.25. The van der Waals surface area contributed by atoms with E-state index in [0.29, 0.717) is 5.92 Å². The van der Waals surface area contributed by atoms with Crippen molar-refractivity contribution >= 4 is 11.8 Å². The lowest BCUT2D eigenvalue weighted by molar-refractivity contribution is -0.131. The Morgan fingerprint density at radius 3 is 2.60 bits per heavy atom. The third-order valence-electron chi connectivity index (χ3n) is 2.83. The van der Waals surface area contributed by atoms with Gasteiger partial charge in [-0.05, 0) is 18.3 Å². The van der Waals surface area contributed by atoms with Crippen molar-refractivity contribution in [2.75, 3.05) is 26.7 Å². The molecule has 86 valence electrons. The number of amides is 2. The molecule has 1 aliphatic rings. The summed E-state index contributed by atoms with van der Waals surface area (Å²) in [5.41, 5.74) is 5.11. The van der Waals surface area contributed by atoms with Gasteiger partial charge in [-0.15, -0.1) is 0 Å². The van der Waals surface area contributed by atoms with E-state index in [1.165, 1.54) is 6.42 Å². The third kappa shape index (κ3) is 3.87. The van der Waals surface area contributed by atoms with E-state index in [1.807, 2.05) is 0 Å². The predicted octanol–water partition coefficient (Wildman–Crippen LogP) is -0.824. The summed E-state index contributed by atoms with van der Waals surface area (Å²) >= 11 is 0. The molecule has 0 bridgehead atoms. The Kier molecular flexibility index (Phi) is 4.08. The Hall–Kier alpha value is -1.10. The molecule has 1 aliphatic carbocycles. The monoisotopic (exact) mass is 213 g/mol. The molecule has 0 aromatic carbocycles. The van der Waals surface area contributed by atoms with E-state index >= 15 is 0 Å².